The molecule has 2 rings (SSSR count). The lowest BCUT2D eigenvalue weighted by molar-refractivity contribution is -0.133. The summed E-state index contributed by atoms with van der Waals surface area (Å²) in [6.07, 6.45) is 1.62. The molecule has 114 valence electrons. The van der Waals surface area contributed by atoms with Gasteiger partial charge in [0.2, 0.25) is 5.88 Å². The van der Waals surface area contributed by atoms with Gasteiger partial charge in [0.25, 0.3) is 0 Å². The van der Waals surface area contributed by atoms with Gasteiger partial charge in [0.15, 0.2) is 10.8 Å². The average molecular weight is 329 g/mol. The van der Waals surface area contributed by atoms with Crippen LogP contribution in [-0.4, -0.2) is 54.7 Å². The fourth-order valence-electron chi connectivity index (χ4n) is 1.74. The summed E-state index contributed by atoms with van der Waals surface area (Å²) >= 11 is 1.12. The van der Waals surface area contributed by atoms with Crippen LogP contribution in [0.3, 0.4) is 0 Å². The number of methoxy groups -OCH3 is 1. The highest BCUT2D eigenvalue weighted by Gasteiger charge is 2.15. The first-order chi connectivity index (χ1) is 10.0. The van der Waals surface area contributed by atoms with E-state index in [1.54, 1.807) is 23.0 Å². The summed E-state index contributed by atoms with van der Waals surface area (Å²) in [4.78, 5) is 19.4. The first kappa shape index (κ1) is 15.8. The van der Waals surface area contributed by atoms with Crippen LogP contribution in [0.25, 0.3) is 11.2 Å². The number of hydrogen-bond acceptors (Lipinski definition) is 6. The zero-order chi connectivity index (χ0) is 15.4. The Kier molecular flexibility index (Phi) is 5.18. The summed E-state index contributed by atoms with van der Waals surface area (Å²) < 4.78 is 18.2. The quantitative estimate of drug-likeness (QED) is 0.757. The number of rotatable bonds is 7. The van der Waals surface area contributed by atoms with E-state index in [-0.39, 0.29) is 5.75 Å². The lowest BCUT2D eigenvalue weighted by Crippen LogP contribution is -2.09. The van der Waals surface area contributed by atoms with Crippen LogP contribution in [0.15, 0.2) is 17.3 Å². The molecule has 1 atom stereocenters. The van der Waals surface area contributed by atoms with Crippen LogP contribution in [0.5, 0.6) is 5.88 Å². The standard InChI is InChI=1S/C12H15N3O4S2/c1-19-9-4-3-8-11(14-9)15(5-6-21(2)18)12(13-8)20-7-10(16)17/h3-4H,5-7H2,1-2H3,(H,16,17). The predicted octanol–water partition coefficient (Wildman–Crippen LogP) is 0.995. The van der Waals surface area contributed by atoms with Crippen molar-refractivity contribution in [3.8, 4) is 5.88 Å². The molecule has 0 aliphatic carbocycles. The van der Waals surface area contributed by atoms with Gasteiger partial charge in [0.1, 0.15) is 5.52 Å². The summed E-state index contributed by atoms with van der Waals surface area (Å²) in [5, 5.41) is 9.35. The Morgan fingerprint density at radius 3 is 2.86 bits per heavy atom. The average Bonchev–Trinajstić information content (AvgIpc) is 2.79. The summed E-state index contributed by atoms with van der Waals surface area (Å²) in [6, 6.07) is 3.47. The number of fused-ring (bicyclic) bond motifs is 1. The third-order valence-corrected chi connectivity index (χ3v) is 4.39. The maximum atomic E-state index is 11.3. The van der Waals surface area contributed by atoms with E-state index in [1.807, 2.05) is 0 Å². The molecule has 2 aromatic heterocycles. The number of carboxylic acid groups (broad SMARTS) is 1. The van der Waals surface area contributed by atoms with Crippen molar-refractivity contribution in [2.75, 3.05) is 24.9 Å². The maximum Gasteiger partial charge on any atom is 0.313 e. The SMILES string of the molecule is COc1ccc2nc(SCC(=O)O)n(CCS(C)=O)c2n1. The van der Waals surface area contributed by atoms with Gasteiger partial charge in [0, 0.05) is 35.4 Å². The van der Waals surface area contributed by atoms with Gasteiger partial charge in [-0.15, -0.1) is 0 Å². The Labute approximate surface area is 128 Å². The molecule has 0 aliphatic rings. The Morgan fingerprint density at radius 1 is 1.48 bits per heavy atom. The maximum absolute atomic E-state index is 11.3. The second kappa shape index (κ2) is 6.90. The number of carbonyl (C=O) groups is 1. The summed E-state index contributed by atoms with van der Waals surface area (Å²) in [5.41, 5.74) is 1.26. The first-order valence-electron chi connectivity index (χ1n) is 6.07. The van der Waals surface area contributed by atoms with Gasteiger partial charge in [-0.2, -0.15) is 4.98 Å². The van der Waals surface area contributed by atoms with Crippen molar-refractivity contribution >= 4 is 39.7 Å². The van der Waals surface area contributed by atoms with E-state index < -0.39 is 16.8 Å². The Bertz CT molecular complexity index is 686. The van der Waals surface area contributed by atoms with Crippen molar-refractivity contribution in [1.29, 1.82) is 0 Å². The molecule has 1 N–H and O–H groups in total. The highest BCUT2D eigenvalue weighted by Crippen LogP contribution is 2.24. The number of carboxylic acids is 1. The molecule has 0 saturated heterocycles. The van der Waals surface area contributed by atoms with Crippen molar-refractivity contribution in [2.45, 2.75) is 11.7 Å². The number of hydrogen-bond donors (Lipinski definition) is 1. The minimum Gasteiger partial charge on any atom is -0.481 e. The molecular weight excluding hydrogens is 314 g/mol. The molecule has 2 heterocycles. The van der Waals surface area contributed by atoms with Crippen molar-refractivity contribution < 1.29 is 18.8 Å². The molecule has 0 radical (unpaired) electrons. The van der Waals surface area contributed by atoms with Crippen molar-refractivity contribution in [1.82, 2.24) is 14.5 Å². The molecule has 0 amide bonds. The summed E-state index contributed by atoms with van der Waals surface area (Å²) in [6.45, 7) is 0.460. The van der Waals surface area contributed by atoms with Crippen LogP contribution in [-0.2, 0) is 22.1 Å². The normalized spacial score (nSPS) is 12.5. The van der Waals surface area contributed by atoms with Gasteiger partial charge in [0.05, 0.1) is 12.9 Å². The number of pyridine rings is 1. The molecule has 9 heteroatoms. The van der Waals surface area contributed by atoms with Crippen LogP contribution in [0.4, 0.5) is 0 Å². The first-order valence-corrected chi connectivity index (χ1v) is 8.78. The zero-order valence-electron chi connectivity index (χ0n) is 11.6. The molecule has 7 nitrogen and oxygen atoms in total. The van der Waals surface area contributed by atoms with E-state index in [9.17, 15) is 9.00 Å². The van der Waals surface area contributed by atoms with Crippen LogP contribution in [0.1, 0.15) is 0 Å². The molecule has 0 aromatic carbocycles. The molecule has 21 heavy (non-hydrogen) atoms. The molecule has 0 bridgehead atoms. The van der Waals surface area contributed by atoms with E-state index in [4.69, 9.17) is 9.84 Å². The number of thioether (sulfide) groups is 1. The van der Waals surface area contributed by atoms with E-state index in [0.717, 1.165) is 11.8 Å². The summed E-state index contributed by atoms with van der Waals surface area (Å²) in [7, 11) is 0.569. The number of aromatic nitrogens is 3. The van der Waals surface area contributed by atoms with E-state index >= 15 is 0 Å². The second-order valence-electron chi connectivity index (χ2n) is 4.20. The fourth-order valence-corrected chi connectivity index (χ4v) is 2.92. The minimum atomic E-state index is -0.954. The molecule has 0 aliphatic heterocycles. The Hall–Kier alpha value is -1.61. The molecule has 0 saturated carbocycles. The van der Waals surface area contributed by atoms with Gasteiger partial charge in [-0.25, -0.2) is 4.98 Å². The van der Waals surface area contributed by atoms with Crippen molar-refractivity contribution in [2.24, 2.45) is 0 Å². The van der Waals surface area contributed by atoms with Gasteiger partial charge in [-0.1, -0.05) is 11.8 Å². The van der Waals surface area contributed by atoms with Gasteiger partial charge >= 0.3 is 5.97 Å². The smallest absolute Gasteiger partial charge is 0.313 e. The van der Waals surface area contributed by atoms with Crippen molar-refractivity contribution in [3.63, 3.8) is 0 Å². The highest BCUT2D eigenvalue weighted by molar-refractivity contribution is 7.99. The molecule has 0 fully saturated rings. The molecular formula is C12H15N3O4S2. The number of ether oxygens (including phenoxy) is 1. The van der Waals surface area contributed by atoms with E-state index in [0.29, 0.717) is 34.5 Å². The van der Waals surface area contributed by atoms with Crippen LogP contribution in [0, 0.1) is 0 Å². The van der Waals surface area contributed by atoms with Crippen LogP contribution in [0.2, 0.25) is 0 Å². The number of nitrogens with zero attached hydrogens (tertiary/aromatic N) is 3. The lowest BCUT2D eigenvalue weighted by Gasteiger charge is -2.07. The van der Waals surface area contributed by atoms with Gasteiger partial charge < -0.3 is 14.4 Å². The van der Waals surface area contributed by atoms with Crippen molar-refractivity contribution in [3.05, 3.63) is 12.1 Å². The third kappa shape index (κ3) is 3.94. The zero-order valence-corrected chi connectivity index (χ0v) is 13.2. The highest BCUT2D eigenvalue weighted by atomic mass is 32.2. The molecule has 2 aromatic rings. The molecule has 0 spiro atoms. The largest absolute Gasteiger partial charge is 0.481 e. The van der Waals surface area contributed by atoms with E-state index in [2.05, 4.69) is 9.97 Å². The third-order valence-electron chi connectivity index (χ3n) is 2.67. The van der Waals surface area contributed by atoms with Gasteiger partial charge in [-0.05, 0) is 6.07 Å². The van der Waals surface area contributed by atoms with E-state index in [1.165, 1.54) is 7.11 Å². The van der Waals surface area contributed by atoms with Crippen LogP contribution >= 0.6 is 11.8 Å². The predicted molar refractivity (Wildman–Crippen MR) is 81.4 cm³/mol. The lowest BCUT2D eigenvalue weighted by atomic mass is 10.4. The topological polar surface area (TPSA) is 94.3 Å². The second-order valence-corrected chi connectivity index (χ2v) is 6.70. The monoisotopic (exact) mass is 329 g/mol. The minimum absolute atomic E-state index is 0.0876. The summed E-state index contributed by atoms with van der Waals surface area (Å²) in [5.74, 6) is -0.0973. The fraction of sp³-hybridized carbons (Fsp3) is 0.417. The Balaban J connectivity index is 2.41. The Morgan fingerprint density at radius 2 is 2.24 bits per heavy atom. The number of aliphatic carboxylic acids is 1. The molecule has 1 unspecified atom stereocenters. The van der Waals surface area contributed by atoms with Crippen LogP contribution < -0.4 is 4.74 Å². The number of aryl methyl sites for hydroxylation is 1. The number of imidazole rings is 1. The van der Waals surface area contributed by atoms with Gasteiger partial charge in [-0.3, -0.25) is 9.00 Å².